The third-order valence-electron chi connectivity index (χ3n) is 7.23. The highest BCUT2D eigenvalue weighted by Gasteiger charge is 2.49. The van der Waals surface area contributed by atoms with Gasteiger partial charge in [-0.1, -0.05) is 0 Å². The zero-order valence-electron chi connectivity index (χ0n) is 16.9. The van der Waals surface area contributed by atoms with E-state index in [0.29, 0.717) is 37.5 Å². The van der Waals surface area contributed by atoms with Gasteiger partial charge in [0.2, 0.25) is 11.8 Å². The lowest BCUT2D eigenvalue weighted by Crippen LogP contribution is -2.67. The van der Waals surface area contributed by atoms with E-state index in [4.69, 9.17) is 4.74 Å². The number of rotatable bonds is 5. The minimum Gasteiger partial charge on any atom is -0.368 e. The van der Waals surface area contributed by atoms with Crippen LogP contribution in [0.1, 0.15) is 44.2 Å². The summed E-state index contributed by atoms with van der Waals surface area (Å²) in [6.45, 7) is 4.05. The first-order valence-corrected chi connectivity index (χ1v) is 11.1. The predicted molar refractivity (Wildman–Crippen MR) is 106 cm³/mol. The Kier molecular flexibility index (Phi) is 5.30. The average molecular weight is 402 g/mol. The zero-order chi connectivity index (χ0) is 19.8. The van der Waals surface area contributed by atoms with Gasteiger partial charge in [-0.3, -0.25) is 19.6 Å². The molecule has 0 spiro atoms. The third kappa shape index (κ3) is 3.80. The largest absolute Gasteiger partial charge is 0.368 e. The van der Waals surface area contributed by atoms with Crippen molar-refractivity contribution in [3.05, 3.63) is 18.0 Å². The van der Waals surface area contributed by atoms with Crippen LogP contribution in [0.5, 0.6) is 0 Å². The molecule has 4 aliphatic rings. The van der Waals surface area contributed by atoms with Crippen molar-refractivity contribution >= 4 is 11.8 Å². The molecule has 0 aromatic carbocycles. The minimum absolute atomic E-state index is 0.0178. The molecule has 8 heteroatoms. The fourth-order valence-electron chi connectivity index (χ4n) is 5.98. The number of ether oxygens (including phenoxy) is 1. The molecule has 0 radical (unpaired) electrons. The van der Waals surface area contributed by atoms with Crippen LogP contribution in [0, 0.1) is 11.8 Å². The molecule has 4 saturated heterocycles. The molecular formula is C21H31N5O3. The van der Waals surface area contributed by atoms with Crippen molar-refractivity contribution in [1.82, 2.24) is 25.3 Å². The van der Waals surface area contributed by atoms with Crippen molar-refractivity contribution in [2.24, 2.45) is 11.8 Å². The summed E-state index contributed by atoms with van der Waals surface area (Å²) < 4.78 is 5.53. The number of carbonyl (C=O) groups is 2. The Hall–Kier alpha value is -1.93. The Balaban J connectivity index is 1.31. The Bertz CT molecular complexity index is 733. The molecule has 0 saturated carbocycles. The summed E-state index contributed by atoms with van der Waals surface area (Å²) in [6.07, 6.45) is 7.08. The fourth-order valence-corrected chi connectivity index (χ4v) is 5.98. The molecule has 5 atom stereocenters. The molecule has 2 amide bonds. The topological polar surface area (TPSA) is 90.6 Å². The number of nitrogens with zero attached hydrogens (tertiary/aromatic N) is 3. The Labute approximate surface area is 171 Å². The number of nitrogens with one attached hydrogen (secondary N) is 2. The minimum atomic E-state index is -0.317. The maximum Gasteiger partial charge on any atom is 0.249 e. The highest BCUT2D eigenvalue weighted by Crippen LogP contribution is 2.41. The molecule has 4 fully saturated rings. The van der Waals surface area contributed by atoms with E-state index in [1.54, 1.807) is 6.20 Å². The van der Waals surface area contributed by atoms with E-state index >= 15 is 0 Å². The van der Waals surface area contributed by atoms with Gasteiger partial charge in [-0.05, 0) is 50.0 Å². The van der Waals surface area contributed by atoms with E-state index < -0.39 is 0 Å². The number of fused-ring (bicyclic) bond motifs is 4. The molecule has 2 bridgehead atoms. The molecule has 1 aromatic heterocycles. The van der Waals surface area contributed by atoms with Gasteiger partial charge >= 0.3 is 0 Å². The highest BCUT2D eigenvalue weighted by molar-refractivity contribution is 5.81. The van der Waals surface area contributed by atoms with Gasteiger partial charge in [-0.25, -0.2) is 0 Å². The van der Waals surface area contributed by atoms with E-state index in [1.165, 1.54) is 0 Å². The molecule has 2 N–H and O–H groups in total. The molecule has 4 aliphatic heterocycles. The first-order valence-electron chi connectivity index (χ1n) is 11.1. The number of hydrogen-bond donors (Lipinski definition) is 2. The quantitative estimate of drug-likeness (QED) is 0.765. The molecule has 5 rings (SSSR count). The van der Waals surface area contributed by atoms with Crippen molar-refractivity contribution in [2.45, 2.75) is 63.3 Å². The van der Waals surface area contributed by atoms with Gasteiger partial charge in [-0.15, -0.1) is 0 Å². The Morgan fingerprint density at radius 1 is 1.28 bits per heavy atom. The van der Waals surface area contributed by atoms with Gasteiger partial charge in [-0.2, -0.15) is 5.10 Å². The first-order chi connectivity index (χ1) is 14.2. The number of likely N-dealkylation sites (tertiary alicyclic amines) is 1. The monoisotopic (exact) mass is 401 g/mol. The van der Waals surface area contributed by atoms with Gasteiger partial charge in [0.1, 0.15) is 6.10 Å². The molecule has 8 nitrogen and oxygen atoms in total. The fraction of sp³-hybridized carbons (Fsp3) is 0.762. The maximum atomic E-state index is 12.9. The van der Waals surface area contributed by atoms with E-state index in [0.717, 1.165) is 57.4 Å². The van der Waals surface area contributed by atoms with Crippen LogP contribution in [0.15, 0.2) is 12.3 Å². The molecule has 1 aromatic rings. The maximum absolute atomic E-state index is 12.9. The van der Waals surface area contributed by atoms with Crippen molar-refractivity contribution in [2.75, 3.05) is 26.2 Å². The summed E-state index contributed by atoms with van der Waals surface area (Å²) in [6, 6.07) is 2.42. The standard InChI is InChI=1S/C21H31N5O3/c27-20-5-1-3-17-14-9-15(12-25(11-14)13-16-6-7-23-24-16)18(26(17)20)10-22-21(28)19-4-2-8-29-19/h6-7,14-15,17-19H,1-5,8-13H2,(H,22,28)(H,23,24)/t14-,15+,17+,18+,19-/m1/s1. The number of hydrogen-bond acceptors (Lipinski definition) is 5. The lowest BCUT2D eigenvalue weighted by atomic mass is 9.72. The van der Waals surface area contributed by atoms with Crippen LogP contribution >= 0.6 is 0 Å². The van der Waals surface area contributed by atoms with Crippen LogP contribution in [0.3, 0.4) is 0 Å². The second kappa shape index (κ2) is 8.07. The average Bonchev–Trinajstić information content (AvgIpc) is 3.42. The number of H-pyrrole nitrogens is 1. The predicted octanol–water partition coefficient (Wildman–Crippen LogP) is 0.906. The van der Waals surface area contributed by atoms with Crippen molar-refractivity contribution in [3.8, 4) is 0 Å². The lowest BCUT2D eigenvalue weighted by Gasteiger charge is -2.56. The summed E-state index contributed by atoms with van der Waals surface area (Å²) >= 11 is 0. The van der Waals surface area contributed by atoms with Gasteiger partial charge in [0.15, 0.2) is 0 Å². The Morgan fingerprint density at radius 3 is 2.97 bits per heavy atom. The van der Waals surface area contributed by atoms with Crippen LogP contribution in [0.4, 0.5) is 0 Å². The van der Waals surface area contributed by atoms with E-state index in [1.807, 2.05) is 6.07 Å². The van der Waals surface area contributed by atoms with Gasteiger partial charge in [0, 0.05) is 57.1 Å². The van der Waals surface area contributed by atoms with Crippen molar-refractivity contribution in [3.63, 3.8) is 0 Å². The highest BCUT2D eigenvalue weighted by atomic mass is 16.5. The summed E-state index contributed by atoms with van der Waals surface area (Å²) in [5.74, 6) is 1.16. The smallest absolute Gasteiger partial charge is 0.249 e. The zero-order valence-corrected chi connectivity index (χ0v) is 16.9. The second-order valence-corrected chi connectivity index (χ2v) is 9.11. The Morgan fingerprint density at radius 2 is 2.17 bits per heavy atom. The van der Waals surface area contributed by atoms with Crippen molar-refractivity contribution < 1.29 is 14.3 Å². The SMILES string of the molecule is O=C(NC[C@H]1[C@H]2C[C@H](CN(Cc3ccn[nH]3)C2)[C@@H]2CCCC(=O)N21)[C@H]1CCCO1. The van der Waals surface area contributed by atoms with Gasteiger partial charge in [0.05, 0.1) is 6.04 Å². The van der Waals surface area contributed by atoms with Crippen LogP contribution in [-0.4, -0.2) is 76.2 Å². The summed E-state index contributed by atoms with van der Waals surface area (Å²) in [7, 11) is 0. The molecule has 29 heavy (non-hydrogen) atoms. The normalized spacial score (nSPS) is 34.8. The molecular weight excluding hydrogens is 370 g/mol. The number of aromatic amines is 1. The van der Waals surface area contributed by atoms with Crippen LogP contribution in [0.25, 0.3) is 0 Å². The summed E-state index contributed by atoms with van der Waals surface area (Å²) in [5, 5.41) is 10.3. The molecule has 0 aliphatic carbocycles. The van der Waals surface area contributed by atoms with Gasteiger partial charge < -0.3 is 15.0 Å². The number of aromatic nitrogens is 2. The summed E-state index contributed by atoms with van der Waals surface area (Å²) in [4.78, 5) is 30.0. The van der Waals surface area contributed by atoms with Crippen LogP contribution in [0.2, 0.25) is 0 Å². The number of carbonyl (C=O) groups excluding carboxylic acids is 2. The molecule has 158 valence electrons. The number of amides is 2. The van der Waals surface area contributed by atoms with E-state index in [2.05, 4.69) is 25.3 Å². The third-order valence-corrected chi connectivity index (χ3v) is 7.23. The number of piperidine rings is 3. The van der Waals surface area contributed by atoms with Gasteiger partial charge in [0.25, 0.3) is 0 Å². The first kappa shape index (κ1) is 19.1. The molecule has 0 unspecified atom stereocenters. The van der Waals surface area contributed by atoms with E-state index in [-0.39, 0.29) is 24.0 Å². The second-order valence-electron chi connectivity index (χ2n) is 9.11. The van der Waals surface area contributed by atoms with Crippen LogP contribution < -0.4 is 5.32 Å². The van der Waals surface area contributed by atoms with Crippen molar-refractivity contribution in [1.29, 1.82) is 0 Å². The van der Waals surface area contributed by atoms with Crippen LogP contribution in [-0.2, 0) is 20.9 Å². The lowest BCUT2D eigenvalue weighted by molar-refractivity contribution is -0.153. The molecule has 5 heterocycles. The van der Waals surface area contributed by atoms with E-state index in [9.17, 15) is 9.59 Å². The summed E-state index contributed by atoms with van der Waals surface area (Å²) in [5.41, 5.74) is 1.13.